The van der Waals surface area contributed by atoms with Gasteiger partial charge in [-0.05, 0) is 37.1 Å². The van der Waals surface area contributed by atoms with Gasteiger partial charge in [-0.1, -0.05) is 34.5 Å². The molecule has 0 aliphatic rings. The molecule has 1 amide bonds. The molecule has 0 saturated heterocycles. The molecule has 0 spiro atoms. The number of nitrogens with one attached hydrogen (secondary N) is 1. The van der Waals surface area contributed by atoms with Crippen molar-refractivity contribution in [3.8, 4) is 0 Å². The quantitative estimate of drug-likeness (QED) is 0.847. The molecule has 0 fully saturated rings. The van der Waals surface area contributed by atoms with Gasteiger partial charge in [0, 0.05) is 22.0 Å². The van der Waals surface area contributed by atoms with Crippen molar-refractivity contribution in [2.24, 2.45) is 0 Å². The van der Waals surface area contributed by atoms with Gasteiger partial charge in [-0.2, -0.15) is 0 Å². The lowest BCUT2D eigenvalue weighted by Gasteiger charge is -2.14. The third kappa shape index (κ3) is 3.49. The number of carbonyl (C=O) groups excluding carboxylic acids is 1. The summed E-state index contributed by atoms with van der Waals surface area (Å²) >= 11 is 9.27. The molecule has 0 bridgehead atoms. The molecule has 1 N–H and O–H groups in total. The Kier molecular flexibility index (Phi) is 5.29. The van der Waals surface area contributed by atoms with Gasteiger partial charge in [0.2, 0.25) is 0 Å². The summed E-state index contributed by atoms with van der Waals surface area (Å²) in [6.07, 6.45) is 0.906. The van der Waals surface area contributed by atoms with Gasteiger partial charge in [0.1, 0.15) is 0 Å². The van der Waals surface area contributed by atoms with Crippen LogP contribution in [0.4, 0.5) is 0 Å². The minimum atomic E-state index is -0.0499. The molecule has 1 atom stereocenters. The molecular weight excluding hydrogens is 289 g/mol. The first-order valence-electron chi connectivity index (χ1n) is 5.21. The smallest absolute Gasteiger partial charge is 0.251 e. The van der Waals surface area contributed by atoms with Gasteiger partial charge in [0.05, 0.1) is 0 Å². The van der Waals surface area contributed by atoms with Crippen LogP contribution in [0.5, 0.6) is 0 Å². The first-order chi connectivity index (χ1) is 7.58. The Morgan fingerprint density at radius 1 is 1.56 bits per heavy atom. The summed E-state index contributed by atoms with van der Waals surface area (Å²) in [5.41, 5.74) is 1.57. The molecule has 0 heterocycles. The van der Waals surface area contributed by atoms with Crippen LogP contribution in [-0.2, 0) is 0 Å². The molecule has 88 valence electrons. The monoisotopic (exact) mass is 303 g/mol. The fourth-order valence-electron chi connectivity index (χ4n) is 1.30. The third-order valence-corrected chi connectivity index (χ3v) is 3.64. The molecule has 1 rings (SSSR count). The summed E-state index contributed by atoms with van der Waals surface area (Å²) in [5, 5.41) is 4.40. The molecule has 0 radical (unpaired) electrons. The summed E-state index contributed by atoms with van der Waals surface area (Å²) in [6, 6.07) is 5.47. The van der Waals surface area contributed by atoms with E-state index in [4.69, 9.17) is 11.6 Å². The molecule has 0 aromatic heterocycles. The first-order valence-corrected chi connectivity index (χ1v) is 6.71. The van der Waals surface area contributed by atoms with Crippen molar-refractivity contribution < 1.29 is 4.79 Å². The van der Waals surface area contributed by atoms with Crippen LogP contribution in [0.15, 0.2) is 18.2 Å². The predicted octanol–water partition coefficient (Wildman–Crippen LogP) is 3.55. The van der Waals surface area contributed by atoms with E-state index in [1.54, 1.807) is 18.2 Å². The zero-order chi connectivity index (χ0) is 12.1. The van der Waals surface area contributed by atoms with E-state index in [9.17, 15) is 4.79 Å². The lowest BCUT2D eigenvalue weighted by Crippen LogP contribution is -2.35. The van der Waals surface area contributed by atoms with Crippen LogP contribution in [0.2, 0.25) is 5.02 Å². The van der Waals surface area contributed by atoms with E-state index >= 15 is 0 Å². The zero-order valence-corrected chi connectivity index (χ0v) is 11.7. The number of alkyl halides is 1. The topological polar surface area (TPSA) is 29.1 Å². The SMILES string of the molecule is CCC(CBr)NC(=O)c1ccc(Cl)c(C)c1. The van der Waals surface area contributed by atoms with E-state index in [2.05, 4.69) is 21.2 Å². The molecule has 0 aliphatic carbocycles. The standard InChI is InChI=1S/C12H15BrClNO/c1-3-10(7-13)15-12(16)9-4-5-11(14)8(2)6-9/h4-6,10H,3,7H2,1-2H3,(H,15,16). The average molecular weight is 305 g/mol. The van der Waals surface area contributed by atoms with Gasteiger partial charge in [0.15, 0.2) is 0 Å². The molecular formula is C12H15BrClNO. The summed E-state index contributed by atoms with van der Waals surface area (Å²) in [4.78, 5) is 11.9. The zero-order valence-electron chi connectivity index (χ0n) is 9.39. The molecule has 1 unspecified atom stereocenters. The van der Waals surface area contributed by atoms with Crippen molar-refractivity contribution >= 4 is 33.4 Å². The van der Waals surface area contributed by atoms with Crippen LogP contribution in [0.3, 0.4) is 0 Å². The number of amides is 1. The highest BCUT2D eigenvalue weighted by Gasteiger charge is 2.11. The Morgan fingerprint density at radius 2 is 2.25 bits per heavy atom. The van der Waals surface area contributed by atoms with Gasteiger partial charge in [-0.25, -0.2) is 0 Å². The van der Waals surface area contributed by atoms with Crippen LogP contribution >= 0.6 is 27.5 Å². The van der Waals surface area contributed by atoms with E-state index in [-0.39, 0.29) is 11.9 Å². The van der Waals surface area contributed by atoms with E-state index in [1.165, 1.54) is 0 Å². The maximum atomic E-state index is 11.9. The van der Waals surface area contributed by atoms with Gasteiger partial charge < -0.3 is 5.32 Å². The number of rotatable bonds is 4. The lowest BCUT2D eigenvalue weighted by molar-refractivity contribution is 0.0940. The number of aryl methyl sites for hydroxylation is 1. The van der Waals surface area contributed by atoms with Crippen molar-refractivity contribution in [3.63, 3.8) is 0 Å². The van der Waals surface area contributed by atoms with Crippen LogP contribution in [0, 0.1) is 6.92 Å². The second-order valence-electron chi connectivity index (χ2n) is 3.70. The highest BCUT2D eigenvalue weighted by molar-refractivity contribution is 9.09. The highest BCUT2D eigenvalue weighted by Crippen LogP contribution is 2.16. The van der Waals surface area contributed by atoms with Crippen molar-refractivity contribution in [3.05, 3.63) is 34.3 Å². The van der Waals surface area contributed by atoms with Crippen molar-refractivity contribution in [2.75, 3.05) is 5.33 Å². The van der Waals surface area contributed by atoms with Crippen LogP contribution < -0.4 is 5.32 Å². The fraction of sp³-hybridized carbons (Fsp3) is 0.417. The predicted molar refractivity (Wildman–Crippen MR) is 71.5 cm³/mol. The minimum Gasteiger partial charge on any atom is -0.348 e. The summed E-state index contributed by atoms with van der Waals surface area (Å²) in [7, 11) is 0. The number of benzene rings is 1. The maximum absolute atomic E-state index is 11.9. The third-order valence-electron chi connectivity index (χ3n) is 2.43. The summed E-state index contributed by atoms with van der Waals surface area (Å²) in [6.45, 7) is 3.93. The van der Waals surface area contributed by atoms with Gasteiger partial charge in [0.25, 0.3) is 5.91 Å². The van der Waals surface area contributed by atoms with Crippen LogP contribution in [0.25, 0.3) is 0 Å². The molecule has 0 saturated carbocycles. The lowest BCUT2D eigenvalue weighted by atomic mass is 10.1. The summed E-state index contributed by atoms with van der Waals surface area (Å²) < 4.78 is 0. The molecule has 2 nitrogen and oxygen atoms in total. The Hall–Kier alpha value is -0.540. The second kappa shape index (κ2) is 6.26. The van der Waals surface area contributed by atoms with E-state index in [1.807, 2.05) is 13.8 Å². The van der Waals surface area contributed by atoms with Crippen molar-refractivity contribution in [1.29, 1.82) is 0 Å². The fourth-order valence-corrected chi connectivity index (χ4v) is 2.04. The van der Waals surface area contributed by atoms with Crippen molar-refractivity contribution in [2.45, 2.75) is 26.3 Å². The average Bonchev–Trinajstić information content (AvgIpc) is 2.29. The van der Waals surface area contributed by atoms with Crippen LogP contribution in [-0.4, -0.2) is 17.3 Å². The Labute approximate surface area is 110 Å². The van der Waals surface area contributed by atoms with Gasteiger partial charge >= 0.3 is 0 Å². The number of halogens is 2. The van der Waals surface area contributed by atoms with Crippen molar-refractivity contribution in [1.82, 2.24) is 5.32 Å². The molecule has 1 aromatic carbocycles. The minimum absolute atomic E-state index is 0.0499. The maximum Gasteiger partial charge on any atom is 0.251 e. The molecule has 16 heavy (non-hydrogen) atoms. The van der Waals surface area contributed by atoms with Gasteiger partial charge in [-0.15, -0.1) is 0 Å². The Balaban J connectivity index is 2.76. The Bertz CT molecular complexity index is 377. The molecule has 0 aliphatic heterocycles. The molecule has 4 heteroatoms. The normalized spacial score (nSPS) is 12.2. The Morgan fingerprint density at radius 3 is 2.75 bits per heavy atom. The second-order valence-corrected chi connectivity index (χ2v) is 4.75. The largest absolute Gasteiger partial charge is 0.348 e. The number of carbonyl (C=O) groups is 1. The van der Waals surface area contributed by atoms with Crippen LogP contribution in [0.1, 0.15) is 29.3 Å². The first kappa shape index (κ1) is 13.5. The van der Waals surface area contributed by atoms with E-state index < -0.39 is 0 Å². The summed E-state index contributed by atoms with van der Waals surface area (Å²) in [5.74, 6) is -0.0499. The highest BCUT2D eigenvalue weighted by atomic mass is 79.9. The van der Waals surface area contributed by atoms with E-state index in [0.29, 0.717) is 10.6 Å². The molecule has 1 aromatic rings. The number of hydrogen-bond acceptors (Lipinski definition) is 1. The number of hydrogen-bond donors (Lipinski definition) is 1. The van der Waals surface area contributed by atoms with E-state index in [0.717, 1.165) is 17.3 Å². The van der Waals surface area contributed by atoms with Gasteiger partial charge in [-0.3, -0.25) is 4.79 Å².